The Labute approximate surface area is 177 Å². The van der Waals surface area contributed by atoms with Crippen molar-refractivity contribution >= 4 is 45.5 Å². The molecule has 0 saturated carbocycles. The maximum Gasteiger partial charge on any atom is 0.234 e. The molecule has 1 fully saturated rings. The minimum atomic E-state index is -0.0488. The van der Waals surface area contributed by atoms with E-state index in [9.17, 15) is 4.79 Å². The van der Waals surface area contributed by atoms with E-state index in [2.05, 4.69) is 37.9 Å². The van der Waals surface area contributed by atoms with Gasteiger partial charge in [-0.1, -0.05) is 23.1 Å². The number of rotatable bonds is 8. The molecule has 1 aromatic carbocycles. The fraction of sp³-hybridized carbons (Fsp3) is 0.350. The van der Waals surface area contributed by atoms with Crippen LogP contribution < -0.4 is 15.5 Å². The summed E-state index contributed by atoms with van der Waals surface area (Å²) < 4.78 is 6.03. The van der Waals surface area contributed by atoms with E-state index in [1.807, 2.05) is 25.1 Å². The van der Waals surface area contributed by atoms with Gasteiger partial charge in [0, 0.05) is 24.5 Å². The number of hydrogen-bond donors (Lipinski definition) is 2. The summed E-state index contributed by atoms with van der Waals surface area (Å²) in [5, 5.41) is 15.1. The molecule has 0 unspecified atom stereocenters. The molecule has 4 rings (SSSR count). The van der Waals surface area contributed by atoms with Gasteiger partial charge in [0.05, 0.1) is 18.6 Å². The highest BCUT2D eigenvalue weighted by atomic mass is 32.2. The summed E-state index contributed by atoms with van der Waals surface area (Å²) in [6.45, 7) is 4.81. The number of benzene rings is 1. The normalized spacial score (nSPS) is 13.6. The van der Waals surface area contributed by atoms with Crippen molar-refractivity contribution in [1.82, 2.24) is 10.2 Å². The van der Waals surface area contributed by atoms with Gasteiger partial charge in [-0.2, -0.15) is 0 Å². The number of nitrogens with zero attached hydrogens (tertiary/aromatic N) is 3. The van der Waals surface area contributed by atoms with E-state index in [1.165, 1.54) is 41.6 Å². The van der Waals surface area contributed by atoms with E-state index in [1.54, 1.807) is 6.26 Å². The smallest absolute Gasteiger partial charge is 0.234 e. The Hall–Kier alpha value is -2.52. The average molecular weight is 430 g/mol. The monoisotopic (exact) mass is 429 g/mol. The molecule has 7 nitrogen and oxygen atoms in total. The molecule has 0 bridgehead atoms. The first-order chi connectivity index (χ1) is 14.2. The number of anilines is 3. The van der Waals surface area contributed by atoms with Gasteiger partial charge in [-0.15, -0.1) is 10.2 Å². The molecule has 0 radical (unpaired) electrons. The standard InChI is InChI=1S/C20H23N5O2S2/c1-14-11-15(25-8-2-3-9-25)6-7-17(14)22-18(26)13-28-20-24-23-19(29-20)21-12-16-5-4-10-27-16/h4-7,10-11H,2-3,8-9,12-13H2,1H3,(H,21,23)(H,22,26). The molecule has 1 amide bonds. The number of carbonyl (C=O) groups is 1. The third-order valence-electron chi connectivity index (χ3n) is 4.68. The van der Waals surface area contributed by atoms with Crippen LogP contribution in [0, 0.1) is 6.92 Å². The quantitative estimate of drug-likeness (QED) is 0.514. The minimum Gasteiger partial charge on any atom is -0.467 e. The van der Waals surface area contributed by atoms with Crippen molar-refractivity contribution in [2.75, 3.05) is 34.4 Å². The second-order valence-corrected chi connectivity index (χ2v) is 9.04. The summed E-state index contributed by atoms with van der Waals surface area (Å²) in [6.07, 6.45) is 4.14. The number of carbonyl (C=O) groups excluding carboxylic acids is 1. The lowest BCUT2D eigenvalue weighted by molar-refractivity contribution is -0.113. The molecule has 3 aromatic rings. The van der Waals surface area contributed by atoms with Crippen molar-refractivity contribution < 1.29 is 9.21 Å². The van der Waals surface area contributed by atoms with Gasteiger partial charge in [0.25, 0.3) is 0 Å². The van der Waals surface area contributed by atoms with Gasteiger partial charge in [0.1, 0.15) is 5.76 Å². The fourth-order valence-electron chi connectivity index (χ4n) is 3.19. The van der Waals surface area contributed by atoms with Gasteiger partial charge in [-0.25, -0.2) is 0 Å². The van der Waals surface area contributed by atoms with Crippen LogP contribution in [0.4, 0.5) is 16.5 Å². The van der Waals surface area contributed by atoms with Crippen LogP contribution in [-0.2, 0) is 11.3 Å². The Balaban J connectivity index is 1.25. The second kappa shape index (κ2) is 9.32. The number of furan rings is 1. The van der Waals surface area contributed by atoms with E-state index < -0.39 is 0 Å². The maximum atomic E-state index is 12.4. The molecule has 9 heteroatoms. The molecule has 1 saturated heterocycles. The summed E-state index contributed by atoms with van der Waals surface area (Å²) in [5.74, 6) is 1.08. The molecule has 152 valence electrons. The molecule has 3 heterocycles. The summed E-state index contributed by atoms with van der Waals surface area (Å²) >= 11 is 2.81. The van der Waals surface area contributed by atoms with Crippen molar-refractivity contribution in [3.05, 3.63) is 47.9 Å². The van der Waals surface area contributed by atoms with Gasteiger partial charge < -0.3 is 20.0 Å². The number of amides is 1. The number of thioether (sulfide) groups is 1. The number of aromatic nitrogens is 2. The van der Waals surface area contributed by atoms with Gasteiger partial charge in [-0.3, -0.25) is 4.79 Å². The number of nitrogens with one attached hydrogen (secondary N) is 2. The number of aryl methyl sites for hydroxylation is 1. The first-order valence-electron chi connectivity index (χ1n) is 9.55. The van der Waals surface area contributed by atoms with Crippen LogP contribution in [-0.4, -0.2) is 34.9 Å². The van der Waals surface area contributed by atoms with Crippen molar-refractivity contribution in [2.24, 2.45) is 0 Å². The summed E-state index contributed by atoms with van der Waals surface area (Å²) in [5.41, 5.74) is 3.17. The Morgan fingerprint density at radius 3 is 2.90 bits per heavy atom. The summed E-state index contributed by atoms with van der Waals surface area (Å²) in [6, 6.07) is 9.97. The van der Waals surface area contributed by atoms with Gasteiger partial charge in [0.15, 0.2) is 4.34 Å². The predicted octanol–water partition coefficient (Wildman–Crippen LogP) is 4.38. The van der Waals surface area contributed by atoms with Crippen molar-refractivity contribution in [3.63, 3.8) is 0 Å². The lowest BCUT2D eigenvalue weighted by atomic mass is 10.1. The van der Waals surface area contributed by atoms with Crippen LogP contribution in [0.25, 0.3) is 0 Å². The van der Waals surface area contributed by atoms with E-state index in [4.69, 9.17) is 4.42 Å². The lowest BCUT2D eigenvalue weighted by Gasteiger charge is -2.19. The molecule has 0 atom stereocenters. The minimum absolute atomic E-state index is 0.0488. The molecule has 29 heavy (non-hydrogen) atoms. The highest BCUT2D eigenvalue weighted by Gasteiger charge is 2.14. The van der Waals surface area contributed by atoms with Crippen LogP contribution in [0.1, 0.15) is 24.2 Å². The van der Waals surface area contributed by atoms with Crippen molar-refractivity contribution in [1.29, 1.82) is 0 Å². The highest BCUT2D eigenvalue weighted by molar-refractivity contribution is 8.01. The van der Waals surface area contributed by atoms with Crippen LogP contribution in [0.3, 0.4) is 0 Å². The third kappa shape index (κ3) is 5.30. The van der Waals surface area contributed by atoms with Crippen molar-refractivity contribution in [2.45, 2.75) is 30.6 Å². The first-order valence-corrected chi connectivity index (χ1v) is 11.4. The average Bonchev–Trinajstić information content (AvgIpc) is 3.48. The maximum absolute atomic E-state index is 12.4. The lowest BCUT2D eigenvalue weighted by Crippen LogP contribution is -2.18. The zero-order chi connectivity index (χ0) is 20.1. The van der Waals surface area contributed by atoms with Gasteiger partial charge in [-0.05, 0) is 55.7 Å². The molecular weight excluding hydrogens is 406 g/mol. The topological polar surface area (TPSA) is 83.3 Å². The van der Waals surface area contributed by atoms with Crippen molar-refractivity contribution in [3.8, 4) is 0 Å². The third-order valence-corrected chi connectivity index (χ3v) is 6.70. The SMILES string of the molecule is Cc1cc(N2CCCC2)ccc1NC(=O)CSc1nnc(NCc2ccco2)s1. The fourth-order valence-corrected chi connectivity index (χ4v) is 4.74. The largest absolute Gasteiger partial charge is 0.467 e. The second-order valence-electron chi connectivity index (χ2n) is 6.84. The zero-order valence-corrected chi connectivity index (χ0v) is 17.8. The van der Waals surface area contributed by atoms with Crippen LogP contribution in [0.5, 0.6) is 0 Å². The molecule has 2 N–H and O–H groups in total. The summed E-state index contributed by atoms with van der Waals surface area (Å²) in [4.78, 5) is 14.7. The Kier molecular flexibility index (Phi) is 6.36. The van der Waals surface area contributed by atoms with Crippen LogP contribution >= 0.6 is 23.1 Å². The van der Waals surface area contributed by atoms with E-state index in [-0.39, 0.29) is 5.91 Å². The van der Waals surface area contributed by atoms with E-state index in [0.29, 0.717) is 17.4 Å². The molecule has 1 aliphatic rings. The predicted molar refractivity (Wildman–Crippen MR) is 118 cm³/mol. The van der Waals surface area contributed by atoms with Gasteiger partial charge >= 0.3 is 0 Å². The Bertz CT molecular complexity index is 952. The first kappa shape index (κ1) is 19.8. The van der Waals surface area contributed by atoms with E-state index >= 15 is 0 Å². The molecule has 0 spiro atoms. The highest BCUT2D eigenvalue weighted by Crippen LogP contribution is 2.28. The summed E-state index contributed by atoms with van der Waals surface area (Å²) in [7, 11) is 0. The zero-order valence-electron chi connectivity index (χ0n) is 16.2. The molecule has 2 aromatic heterocycles. The number of hydrogen-bond acceptors (Lipinski definition) is 8. The van der Waals surface area contributed by atoms with Gasteiger partial charge in [0.2, 0.25) is 11.0 Å². The molecule has 0 aliphatic carbocycles. The van der Waals surface area contributed by atoms with Crippen LogP contribution in [0.2, 0.25) is 0 Å². The molecular formula is C20H23N5O2S2. The Morgan fingerprint density at radius 1 is 1.28 bits per heavy atom. The van der Waals surface area contributed by atoms with Crippen LogP contribution in [0.15, 0.2) is 45.4 Å². The molecule has 1 aliphatic heterocycles. The Morgan fingerprint density at radius 2 is 2.14 bits per heavy atom. The van der Waals surface area contributed by atoms with E-state index in [0.717, 1.165) is 34.4 Å².